The molecule has 0 fully saturated rings. The van der Waals surface area contributed by atoms with Gasteiger partial charge < -0.3 is 4.84 Å². The zero-order valence-electron chi connectivity index (χ0n) is 15.6. The van der Waals surface area contributed by atoms with E-state index in [1.54, 1.807) is 0 Å². The Balaban J connectivity index is 2.91. The van der Waals surface area contributed by atoms with E-state index in [2.05, 4.69) is 19.3 Å². The van der Waals surface area contributed by atoms with Crippen LogP contribution in [0.3, 0.4) is 0 Å². The van der Waals surface area contributed by atoms with Gasteiger partial charge in [0, 0.05) is 6.54 Å². The zero-order chi connectivity index (χ0) is 16.1. The summed E-state index contributed by atoms with van der Waals surface area (Å²) in [5.74, 6) is 0. The van der Waals surface area contributed by atoms with Crippen molar-refractivity contribution < 1.29 is 4.84 Å². The summed E-state index contributed by atoms with van der Waals surface area (Å²) < 4.78 is 0. The molecule has 0 aliphatic rings. The van der Waals surface area contributed by atoms with Crippen LogP contribution in [0.4, 0.5) is 0 Å². The largest absolute Gasteiger partial charge is 0.302 e. The highest BCUT2D eigenvalue weighted by Crippen LogP contribution is 2.11. The normalized spacial score (nSPS) is 11.2. The van der Waals surface area contributed by atoms with Crippen molar-refractivity contribution in [1.29, 1.82) is 0 Å². The third-order valence-corrected chi connectivity index (χ3v) is 4.33. The monoisotopic (exact) mass is 313 g/mol. The van der Waals surface area contributed by atoms with Crippen LogP contribution < -0.4 is 5.48 Å². The fourth-order valence-electron chi connectivity index (χ4n) is 2.78. The molecule has 0 unspecified atom stereocenters. The Morgan fingerprint density at radius 1 is 0.500 bits per heavy atom. The van der Waals surface area contributed by atoms with Gasteiger partial charge in [0.15, 0.2) is 0 Å². The van der Waals surface area contributed by atoms with Crippen LogP contribution in [-0.2, 0) is 4.84 Å². The molecule has 0 rings (SSSR count). The van der Waals surface area contributed by atoms with Crippen LogP contribution in [0.5, 0.6) is 0 Å². The van der Waals surface area contributed by atoms with E-state index in [0.29, 0.717) is 0 Å². The van der Waals surface area contributed by atoms with E-state index in [0.717, 1.165) is 13.2 Å². The number of hydrogen-bond acceptors (Lipinski definition) is 2. The lowest BCUT2D eigenvalue weighted by Crippen LogP contribution is -2.16. The van der Waals surface area contributed by atoms with Crippen LogP contribution >= 0.6 is 0 Å². The molecule has 0 atom stereocenters. The lowest BCUT2D eigenvalue weighted by Gasteiger charge is -2.06. The molecular weight excluding hydrogens is 270 g/mol. The number of hydrogen-bond donors (Lipinski definition) is 1. The first-order valence-electron chi connectivity index (χ1n) is 10.3. The van der Waals surface area contributed by atoms with Gasteiger partial charge in [-0.05, 0) is 12.8 Å². The third-order valence-electron chi connectivity index (χ3n) is 4.33. The Morgan fingerprint density at radius 2 is 0.909 bits per heavy atom. The second-order valence-corrected chi connectivity index (χ2v) is 6.69. The fourth-order valence-corrected chi connectivity index (χ4v) is 2.78. The maximum Gasteiger partial charge on any atom is 0.0682 e. The van der Waals surface area contributed by atoms with Crippen molar-refractivity contribution in [3.05, 3.63) is 0 Å². The summed E-state index contributed by atoms with van der Waals surface area (Å²) in [7, 11) is 0. The number of unbranched alkanes of at least 4 members (excludes halogenated alkanes) is 14. The van der Waals surface area contributed by atoms with Gasteiger partial charge in [-0.15, -0.1) is 0 Å². The molecular formula is C20H43NO. The van der Waals surface area contributed by atoms with Crippen LogP contribution in [0.15, 0.2) is 0 Å². The highest BCUT2D eigenvalue weighted by Gasteiger charge is 1.94. The van der Waals surface area contributed by atoms with E-state index in [1.807, 2.05) is 0 Å². The summed E-state index contributed by atoms with van der Waals surface area (Å²) in [4.78, 5) is 5.46. The van der Waals surface area contributed by atoms with E-state index < -0.39 is 0 Å². The topological polar surface area (TPSA) is 21.3 Å². The summed E-state index contributed by atoms with van der Waals surface area (Å²) in [5, 5.41) is 0. The maximum absolute atomic E-state index is 5.46. The molecule has 0 aromatic carbocycles. The quantitative estimate of drug-likeness (QED) is 0.209. The van der Waals surface area contributed by atoms with Gasteiger partial charge in [0.25, 0.3) is 0 Å². The Bertz CT molecular complexity index is 165. The van der Waals surface area contributed by atoms with E-state index in [1.165, 1.54) is 103 Å². The third kappa shape index (κ3) is 19.9. The van der Waals surface area contributed by atoms with Crippen molar-refractivity contribution in [3.8, 4) is 0 Å². The van der Waals surface area contributed by atoms with Crippen molar-refractivity contribution in [2.75, 3.05) is 13.2 Å². The molecule has 2 heteroatoms. The summed E-state index contributed by atoms with van der Waals surface area (Å²) in [5.41, 5.74) is 3.11. The SMILES string of the molecule is CCCCCCCCCCCCCNOCCCCCCC. The molecule has 0 radical (unpaired) electrons. The Kier molecular flexibility index (Phi) is 20.8. The van der Waals surface area contributed by atoms with E-state index in [-0.39, 0.29) is 0 Å². The van der Waals surface area contributed by atoms with Gasteiger partial charge >= 0.3 is 0 Å². The first kappa shape index (κ1) is 21.9. The lowest BCUT2D eigenvalue weighted by molar-refractivity contribution is 0.0376. The van der Waals surface area contributed by atoms with Crippen LogP contribution in [-0.4, -0.2) is 13.2 Å². The number of nitrogens with one attached hydrogen (secondary N) is 1. The van der Waals surface area contributed by atoms with Crippen molar-refractivity contribution in [3.63, 3.8) is 0 Å². The van der Waals surface area contributed by atoms with E-state index in [4.69, 9.17) is 4.84 Å². The van der Waals surface area contributed by atoms with Crippen LogP contribution in [0.1, 0.15) is 117 Å². The van der Waals surface area contributed by atoms with Gasteiger partial charge in [0.1, 0.15) is 0 Å². The summed E-state index contributed by atoms with van der Waals surface area (Å²) >= 11 is 0. The molecule has 134 valence electrons. The first-order chi connectivity index (χ1) is 10.9. The molecule has 0 spiro atoms. The molecule has 0 aliphatic carbocycles. The molecule has 0 aliphatic heterocycles. The highest BCUT2D eigenvalue weighted by molar-refractivity contribution is 4.48. The molecule has 0 saturated carbocycles. The van der Waals surface area contributed by atoms with E-state index >= 15 is 0 Å². The Hall–Kier alpha value is -0.0800. The lowest BCUT2D eigenvalue weighted by atomic mass is 10.1. The van der Waals surface area contributed by atoms with Crippen LogP contribution in [0.2, 0.25) is 0 Å². The molecule has 0 bridgehead atoms. The minimum atomic E-state index is 0.877. The second kappa shape index (κ2) is 20.9. The maximum atomic E-state index is 5.46. The highest BCUT2D eigenvalue weighted by atomic mass is 16.6. The zero-order valence-corrected chi connectivity index (χ0v) is 15.6. The van der Waals surface area contributed by atoms with Gasteiger partial charge in [0.05, 0.1) is 6.61 Å². The molecule has 0 aromatic heterocycles. The molecule has 0 amide bonds. The van der Waals surface area contributed by atoms with Crippen molar-refractivity contribution in [2.45, 2.75) is 117 Å². The van der Waals surface area contributed by atoms with Crippen LogP contribution in [0.25, 0.3) is 0 Å². The number of hydroxylamine groups is 1. The summed E-state index contributed by atoms with van der Waals surface area (Å²) in [6.07, 6.45) is 22.0. The van der Waals surface area contributed by atoms with Crippen molar-refractivity contribution >= 4 is 0 Å². The predicted molar refractivity (Wildman–Crippen MR) is 99.2 cm³/mol. The van der Waals surface area contributed by atoms with Gasteiger partial charge in [-0.25, -0.2) is 5.48 Å². The molecule has 1 N–H and O–H groups in total. The average molecular weight is 314 g/mol. The summed E-state index contributed by atoms with van der Waals surface area (Å²) in [6.45, 7) is 6.44. The predicted octanol–water partition coefficient (Wildman–Crippen LogP) is 6.79. The Morgan fingerprint density at radius 3 is 1.41 bits per heavy atom. The summed E-state index contributed by atoms with van der Waals surface area (Å²) in [6, 6.07) is 0. The number of rotatable bonds is 19. The average Bonchev–Trinajstić information content (AvgIpc) is 2.54. The molecule has 0 heterocycles. The smallest absolute Gasteiger partial charge is 0.0682 e. The standard InChI is InChI=1S/C20H43NO/c1-3-5-7-9-10-11-12-13-14-15-17-19-21-22-20-18-16-8-6-4-2/h21H,3-20H2,1-2H3. The minimum Gasteiger partial charge on any atom is -0.302 e. The minimum absolute atomic E-state index is 0.877. The molecule has 0 aromatic rings. The van der Waals surface area contributed by atoms with Gasteiger partial charge in [-0.1, -0.05) is 104 Å². The molecule has 0 saturated heterocycles. The molecule has 2 nitrogen and oxygen atoms in total. The second-order valence-electron chi connectivity index (χ2n) is 6.69. The molecule has 22 heavy (non-hydrogen) atoms. The first-order valence-corrected chi connectivity index (χ1v) is 10.3. The van der Waals surface area contributed by atoms with E-state index in [9.17, 15) is 0 Å². The van der Waals surface area contributed by atoms with Gasteiger partial charge in [0.2, 0.25) is 0 Å². The van der Waals surface area contributed by atoms with Crippen molar-refractivity contribution in [2.24, 2.45) is 0 Å². The fraction of sp³-hybridized carbons (Fsp3) is 1.00. The van der Waals surface area contributed by atoms with Crippen molar-refractivity contribution in [1.82, 2.24) is 5.48 Å². The van der Waals surface area contributed by atoms with Crippen LogP contribution in [0, 0.1) is 0 Å². The van der Waals surface area contributed by atoms with Gasteiger partial charge in [-0.2, -0.15) is 0 Å². The van der Waals surface area contributed by atoms with Gasteiger partial charge in [-0.3, -0.25) is 0 Å². The Labute approximate surface area is 140 Å².